The van der Waals surface area contributed by atoms with Gasteiger partial charge in [0.1, 0.15) is 0 Å². The molecule has 0 aliphatic carbocycles. The normalized spacial score (nSPS) is 19.6. The number of primary sulfonamides is 1. The maximum absolute atomic E-state index is 12.5. The van der Waals surface area contributed by atoms with Gasteiger partial charge in [-0.25, -0.2) is 13.6 Å². The van der Waals surface area contributed by atoms with Crippen LogP contribution < -0.4 is 5.14 Å². The van der Waals surface area contributed by atoms with Gasteiger partial charge in [-0.2, -0.15) is 0 Å². The fourth-order valence-corrected chi connectivity index (χ4v) is 4.46. The second-order valence-corrected chi connectivity index (χ2v) is 8.10. The van der Waals surface area contributed by atoms with Crippen LogP contribution in [0.1, 0.15) is 30.1 Å². The Balaban J connectivity index is 2.41. The van der Waals surface area contributed by atoms with Crippen LogP contribution in [-0.2, 0) is 10.0 Å². The molecule has 1 aliphatic heterocycles. The molecule has 0 spiro atoms. The maximum atomic E-state index is 12.5. The molecule has 2 rings (SSSR count). The first-order valence-electron chi connectivity index (χ1n) is 6.51. The van der Waals surface area contributed by atoms with Gasteiger partial charge in [0.25, 0.3) is 5.91 Å². The molecule has 0 aromatic heterocycles. The molecule has 8 heteroatoms. The van der Waals surface area contributed by atoms with E-state index in [1.54, 1.807) is 4.90 Å². The molecule has 1 unspecified atom stereocenters. The summed E-state index contributed by atoms with van der Waals surface area (Å²) in [7, 11) is -3.92. The molecule has 1 fully saturated rings. The van der Waals surface area contributed by atoms with Gasteiger partial charge in [-0.05, 0) is 46.8 Å². The highest BCUT2D eigenvalue weighted by Crippen LogP contribution is 2.30. The maximum Gasteiger partial charge on any atom is 0.255 e. The fourth-order valence-electron chi connectivity index (χ4n) is 2.46. The Bertz CT molecular complexity index is 678. The monoisotopic (exact) mass is 394 g/mol. The minimum Gasteiger partial charge on any atom is -0.338 e. The molecule has 1 aromatic rings. The standard InChI is InChI=1S/C13H16BrClN2O3S/c1-8-3-2-4-17(7-8)13(18)9-5-12(21(16,19)20)10(14)6-11(9)15/h5-6,8H,2-4,7H2,1H3,(H2,16,19,20). The van der Waals surface area contributed by atoms with Gasteiger partial charge in [0, 0.05) is 17.6 Å². The lowest BCUT2D eigenvalue weighted by atomic mass is 9.99. The van der Waals surface area contributed by atoms with Crippen LogP contribution in [0, 0.1) is 5.92 Å². The van der Waals surface area contributed by atoms with Crippen LogP contribution in [0.2, 0.25) is 5.02 Å². The third kappa shape index (κ3) is 3.77. The molecule has 21 heavy (non-hydrogen) atoms. The van der Waals surface area contributed by atoms with E-state index < -0.39 is 10.0 Å². The number of halogens is 2. The quantitative estimate of drug-likeness (QED) is 0.836. The van der Waals surface area contributed by atoms with Crippen molar-refractivity contribution in [3.63, 3.8) is 0 Å². The summed E-state index contributed by atoms with van der Waals surface area (Å²) >= 11 is 9.19. The highest BCUT2D eigenvalue weighted by Gasteiger charge is 2.26. The lowest BCUT2D eigenvalue weighted by Gasteiger charge is -2.31. The molecule has 1 saturated heterocycles. The van der Waals surface area contributed by atoms with E-state index in [-0.39, 0.29) is 25.9 Å². The Morgan fingerprint density at radius 1 is 1.48 bits per heavy atom. The van der Waals surface area contributed by atoms with Crippen LogP contribution in [0.5, 0.6) is 0 Å². The number of rotatable bonds is 2. The zero-order valence-electron chi connectivity index (χ0n) is 11.5. The largest absolute Gasteiger partial charge is 0.338 e. The topological polar surface area (TPSA) is 80.5 Å². The first kappa shape index (κ1) is 16.7. The number of carbonyl (C=O) groups excluding carboxylic acids is 1. The van der Waals surface area contributed by atoms with E-state index in [4.69, 9.17) is 16.7 Å². The third-order valence-electron chi connectivity index (χ3n) is 3.50. The van der Waals surface area contributed by atoms with Crippen LogP contribution in [0.25, 0.3) is 0 Å². The van der Waals surface area contributed by atoms with Gasteiger partial charge in [0.05, 0.1) is 15.5 Å². The van der Waals surface area contributed by atoms with Crippen molar-refractivity contribution in [2.24, 2.45) is 11.1 Å². The summed E-state index contributed by atoms with van der Waals surface area (Å²) in [5.74, 6) is 0.165. The minimum atomic E-state index is -3.92. The highest BCUT2D eigenvalue weighted by atomic mass is 79.9. The Morgan fingerprint density at radius 3 is 2.71 bits per heavy atom. The predicted octanol–water partition coefficient (Wildman–Crippen LogP) is 2.62. The number of sulfonamides is 1. The Morgan fingerprint density at radius 2 is 2.14 bits per heavy atom. The second kappa shape index (κ2) is 6.24. The van der Waals surface area contributed by atoms with E-state index in [0.717, 1.165) is 12.8 Å². The zero-order valence-corrected chi connectivity index (χ0v) is 14.6. The van der Waals surface area contributed by atoms with Crippen LogP contribution in [0.4, 0.5) is 0 Å². The predicted molar refractivity (Wildman–Crippen MR) is 84.8 cm³/mol. The summed E-state index contributed by atoms with van der Waals surface area (Å²) in [5.41, 5.74) is 0.165. The lowest BCUT2D eigenvalue weighted by molar-refractivity contribution is 0.0683. The Hall–Kier alpha value is -0.630. The fraction of sp³-hybridized carbons (Fsp3) is 0.462. The highest BCUT2D eigenvalue weighted by molar-refractivity contribution is 9.10. The average molecular weight is 396 g/mol. The van der Waals surface area contributed by atoms with E-state index in [1.807, 2.05) is 0 Å². The molecule has 1 aromatic carbocycles. The van der Waals surface area contributed by atoms with Crippen LogP contribution in [-0.4, -0.2) is 32.3 Å². The molecule has 1 aliphatic rings. The van der Waals surface area contributed by atoms with Gasteiger partial charge in [-0.3, -0.25) is 4.79 Å². The van der Waals surface area contributed by atoms with Crippen molar-refractivity contribution in [2.75, 3.05) is 13.1 Å². The second-order valence-electron chi connectivity index (χ2n) is 5.31. The lowest BCUT2D eigenvalue weighted by Crippen LogP contribution is -2.39. The number of amides is 1. The van der Waals surface area contributed by atoms with E-state index in [1.165, 1.54) is 12.1 Å². The van der Waals surface area contributed by atoms with Gasteiger partial charge in [0.15, 0.2) is 0 Å². The zero-order chi connectivity index (χ0) is 15.8. The number of benzene rings is 1. The van der Waals surface area contributed by atoms with Crippen LogP contribution in [0.3, 0.4) is 0 Å². The van der Waals surface area contributed by atoms with Crippen LogP contribution in [0.15, 0.2) is 21.5 Å². The number of nitrogens with zero attached hydrogens (tertiary/aromatic N) is 1. The number of hydrogen-bond donors (Lipinski definition) is 1. The van der Waals surface area contributed by atoms with E-state index >= 15 is 0 Å². The van der Waals surface area contributed by atoms with E-state index in [0.29, 0.717) is 19.0 Å². The summed E-state index contributed by atoms with van der Waals surface area (Å²) in [5, 5.41) is 5.36. The van der Waals surface area contributed by atoms with Crippen molar-refractivity contribution in [1.82, 2.24) is 4.90 Å². The number of hydrogen-bond acceptors (Lipinski definition) is 3. The molecular weight excluding hydrogens is 380 g/mol. The molecule has 2 N–H and O–H groups in total. The number of likely N-dealkylation sites (tertiary alicyclic amines) is 1. The summed E-state index contributed by atoms with van der Waals surface area (Å²) in [4.78, 5) is 14.1. The van der Waals surface area contributed by atoms with Gasteiger partial charge in [-0.15, -0.1) is 0 Å². The Kier molecular flexibility index (Phi) is 4.97. The molecule has 1 heterocycles. The first-order chi connectivity index (χ1) is 9.70. The van der Waals surface area contributed by atoms with Gasteiger partial charge < -0.3 is 4.90 Å². The SMILES string of the molecule is CC1CCCN(C(=O)c2cc(S(N)(=O)=O)c(Br)cc2Cl)C1. The van der Waals surface area contributed by atoms with Gasteiger partial charge in [-0.1, -0.05) is 18.5 Å². The molecule has 1 amide bonds. The van der Waals surface area contributed by atoms with Crippen LogP contribution >= 0.6 is 27.5 Å². The molecule has 0 bridgehead atoms. The smallest absolute Gasteiger partial charge is 0.255 e. The molecule has 0 radical (unpaired) electrons. The number of piperidine rings is 1. The average Bonchev–Trinajstić information content (AvgIpc) is 2.36. The number of nitrogens with two attached hydrogens (primary N) is 1. The summed E-state index contributed by atoms with van der Waals surface area (Å²) in [6, 6.07) is 2.63. The summed E-state index contributed by atoms with van der Waals surface area (Å²) < 4.78 is 23.3. The summed E-state index contributed by atoms with van der Waals surface area (Å²) in [6.45, 7) is 3.38. The van der Waals surface area contributed by atoms with Crippen molar-refractivity contribution >= 4 is 43.5 Å². The van der Waals surface area contributed by atoms with Crippen molar-refractivity contribution in [3.05, 3.63) is 27.2 Å². The Labute approximate surface area is 137 Å². The molecule has 116 valence electrons. The van der Waals surface area contributed by atoms with Crippen molar-refractivity contribution < 1.29 is 13.2 Å². The molecule has 1 atom stereocenters. The third-order valence-corrected chi connectivity index (χ3v) is 5.68. The molecular formula is C13H16BrClN2O3S. The van der Waals surface area contributed by atoms with E-state index in [2.05, 4.69) is 22.9 Å². The number of carbonyl (C=O) groups is 1. The molecule has 5 nitrogen and oxygen atoms in total. The first-order valence-corrected chi connectivity index (χ1v) is 9.23. The molecule has 0 saturated carbocycles. The van der Waals surface area contributed by atoms with Gasteiger partial charge in [0.2, 0.25) is 10.0 Å². The van der Waals surface area contributed by atoms with Crippen molar-refractivity contribution in [2.45, 2.75) is 24.7 Å². The van der Waals surface area contributed by atoms with E-state index in [9.17, 15) is 13.2 Å². The van der Waals surface area contributed by atoms with Gasteiger partial charge >= 0.3 is 0 Å². The summed E-state index contributed by atoms with van der Waals surface area (Å²) in [6.07, 6.45) is 2.02. The van der Waals surface area contributed by atoms with Crippen molar-refractivity contribution in [1.29, 1.82) is 0 Å². The minimum absolute atomic E-state index is 0.139. The van der Waals surface area contributed by atoms with Crippen molar-refractivity contribution in [3.8, 4) is 0 Å².